The molecule has 16 heavy (non-hydrogen) atoms. The molecule has 0 atom stereocenters. The number of thioether (sulfide) groups is 1. The van der Waals surface area contributed by atoms with Gasteiger partial charge in [0.2, 0.25) is 0 Å². The summed E-state index contributed by atoms with van der Waals surface area (Å²) in [5.74, 6) is -0.593. The van der Waals surface area contributed by atoms with Crippen molar-refractivity contribution in [2.75, 3.05) is 5.75 Å². The van der Waals surface area contributed by atoms with Gasteiger partial charge in [-0.2, -0.15) is 0 Å². The number of hydrogen-bond acceptors (Lipinski definition) is 4. The van der Waals surface area contributed by atoms with Crippen LogP contribution in [0.4, 0.5) is 0 Å². The van der Waals surface area contributed by atoms with Gasteiger partial charge in [0.25, 0.3) is 0 Å². The summed E-state index contributed by atoms with van der Waals surface area (Å²) in [5, 5.41) is -2.57. The van der Waals surface area contributed by atoms with E-state index >= 15 is 0 Å². The maximum absolute atomic E-state index is 10.7. The van der Waals surface area contributed by atoms with E-state index < -0.39 is 31.5 Å². The van der Waals surface area contributed by atoms with Crippen LogP contribution in [0.25, 0.3) is 0 Å². The van der Waals surface area contributed by atoms with Gasteiger partial charge in [0, 0.05) is 12.7 Å². The van der Waals surface area contributed by atoms with Crippen molar-refractivity contribution >= 4 is 32.1 Å². The van der Waals surface area contributed by atoms with Crippen molar-refractivity contribution in [3.8, 4) is 0 Å². The minimum atomic E-state index is -4.89. The number of carbonyl (C=O) groups excluding carboxylic acids is 1. The quantitative estimate of drug-likeness (QED) is 0.298. The Morgan fingerprint density at radius 2 is 1.50 bits per heavy atom. The zero-order valence-electron chi connectivity index (χ0n) is 11.1. The van der Waals surface area contributed by atoms with E-state index in [2.05, 4.69) is 0 Å². The van der Waals surface area contributed by atoms with Crippen LogP contribution >= 0.6 is 27.0 Å². The molecule has 88 valence electrons. The van der Waals surface area contributed by atoms with Crippen LogP contribution in [0, 0.1) is 0 Å². The van der Waals surface area contributed by atoms with Gasteiger partial charge in [-0.05, 0) is 0 Å². The minimum absolute atomic E-state index is 0. The summed E-state index contributed by atoms with van der Waals surface area (Å²) >= 11 is 0.470. The SMILES string of the molecule is CC(=O)SCC(P(=O)(O)O)P(=O)(O)O.[H-].[H-].[Na+].[Na+]. The van der Waals surface area contributed by atoms with Crippen LogP contribution < -0.4 is 59.1 Å². The van der Waals surface area contributed by atoms with Crippen molar-refractivity contribution in [1.29, 1.82) is 0 Å². The predicted molar refractivity (Wildman–Crippen MR) is 53.2 cm³/mol. The summed E-state index contributed by atoms with van der Waals surface area (Å²) in [6.45, 7) is 1.14. The molecule has 0 fully saturated rings. The predicted octanol–water partition coefficient (Wildman–Crippen LogP) is -5.82. The Morgan fingerprint density at radius 1 is 1.19 bits per heavy atom. The molecule has 0 bridgehead atoms. The van der Waals surface area contributed by atoms with Crippen LogP contribution in [0.5, 0.6) is 0 Å². The van der Waals surface area contributed by atoms with E-state index in [-0.39, 0.29) is 62.0 Å². The average Bonchev–Trinajstić information content (AvgIpc) is 1.78. The van der Waals surface area contributed by atoms with Gasteiger partial charge >= 0.3 is 74.3 Å². The first kappa shape index (κ1) is 23.4. The molecule has 7 nitrogen and oxygen atoms in total. The van der Waals surface area contributed by atoms with Gasteiger partial charge in [0.1, 0.15) is 0 Å². The van der Waals surface area contributed by atoms with Crippen molar-refractivity contribution in [2.45, 2.75) is 12.3 Å². The maximum atomic E-state index is 10.7. The van der Waals surface area contributed by atoms with E-state index in [1.807, 2.05) is 0 Å². The molecule has 0 heterocycles. The van der Waals surface area contributed by atoms with Gasteiger partial charge in [0.05, 0.1) is 0 Å². The van der Waals surface area contributed by atoms with Gasteiger partial charge in [-0.3, -0.25) is 13.9 Å². The number of hydrogen-bond donors (Lipinski definition) is 4. The molecule has 0 aromatic carbocycles. The van der Waals surface area contributed by atoms with E-state index in [0.29, 0.717) is 11.8 Å². The monoisotopic (exact) mass is 312 g/mol. The molecule has 0 aliphatic carbocycles. The maximum Gasteiger partial charge on any atom is 1.00 e. The van der Waals surface area contributed by atoms with Crippen LogP contribution in [-0.4, -0.2) is 35.8 Å². The minimum Gasteiger partial charge on any atom is -1.00 e. The summed E-state index contributed by atoms with van der Waals surface area (Å²) in [4.78, 5) is 44.9. The molecular weight excluding hydrogens is 300 g/mol. The van der Waals surface area contributed by atoms with Crippen molar-refractivity contribution in [3.63, 3.8) is 0 Å². The molecule has 4 N–H and O–H groups in total. The summed E-state index contributed by atoms with van der Waals surface area (Å²) in [7, 11) is -9.78. The van der Waals surface area contributed by atoms with E-state index in [1.54, 1.807) is 0 Å². The summed E-state index contributed by atoms with van der Waals surface area (Å²) < 4.78 is 21.3. The second kappa shape index (κ2) is 9.26. The molecule has 12 heteroatoms. The molecule has 0 aromatic heterocycles. The number of rotatable bonds is 4. The first-order chi connectivity index (χ1) is 6.05. The van der Waals surface area contributed by atoms with Crippen molar-refractivity contribution < 1.29 is 95.5 Å². The standard InChI is InChI=1S/C4H10O7P2S.2Na.2H/c1-3(5)14-2-4(12(6,7)8)13(9,10)11;;;;/h4H,2H2,1H3,(H2,6,7,8)(H2,9,10,11);;;;/q;2*+1;2*-1. The Balaban J connectivity index is -0.000000141. The molecule has 0 radical (unpaired) electrons. The molecule has 0 saturated heterocycles. The van der Waals surface area contributed by atoms with Crippen molar-refractivity contribution in [1.82, 2.24) is 0 Å². The fourth-order valence-electron chi connectivity index (χ4n) is 0.582. The van der Waals surface area contributed by atoms with Gasteiger partial charge in [-0.25, -0.2) is 0 Å². The molecule has 0 saturated carbocycles. The Labute approximate surface area is 144 Å². The molecule has 0 spiro atoms. The van der Waals surface area contributed by atoms with Crippen molar-refractivity contribution in [3.05, 3.63) is 0 Å². The van der Waals surface area contributed by atoms with Crippen LogP contribution in [0.15, 0.2) is 0 Å². The van der Waals surface area contributed by atoms with Crippen LogP contribution in [0.2, 0.25) is 0 Å². The normalized spacial score (nSPS) is 11.6. The third kappa shape index (κ3) is 10.3. The molecule has 0 aromatic rings. The molecule has 0 aliphatic rings. The van der Waals surface area contributed by atoms with Crippen LogP contribution in [0.3, 0.4) is 0 Å². The third-order valence-corrected chi connectivity index (χ3v) is 6.34. The second-order valence-electron chi connectivity index (χ2n) is 2.46. The largest absolute Gasteiger partial charge is 1.00 e. The van der Waals surface area contributed by atoms with Gasteiger partial charge < -0.3 is 22.4 Å². The molecule has 0 amide bonds. The Morgan fingerprint density at radius 3 is 1.69 bits per heavy atom. The summed E-state index contributed by atoms with van der Waals surface area (Å²) in [5.41, 5.74) is 0. The first-order valence-corrected chi connectivity index (χ1v) is 7.64. The Bertz CT molecular complexity index is 299. The summed E-state index contributed by atoms with van der Waals surface area (Å²) in [6, 6.07) is 0. The fourth-order valence-corrected chi connectivity index (χ4v) is 4.53. The first-order valence-electron chi connectivity index (χ1n) is 3.29. The van der Waals surface area contributed by atoms with Crippen LogP contribution in [-0.2, 0) is 13.9 Å². The van der Waals surface area contributed by atoms with E-state index in [4.69, 9.17) is 19.6 Å². The topological polar surface area (TPSA) is 132 Å². The van der Waals surface area contributed by atoms with Gasteiger partial charge in [-0.15, -0.1) is 0 Å². The fraction of sp³-hybridized carbons (Fsp3) is 0.750. The van der Waals surface area contributed by atoms with Gasteiger partial charge in [0.15, 0.2) is 10.5 Å². The zero-order chi connectivity index (χ0) is 11.6. The Hall–Kier alpha value is 2.32. The molecular formula is C4H12Na2O7P2S. The van der Waals surface area contributed by atoms with Crippen LogP contribution in [0.1, 0.15) is 9.78 Å². The second-order valence-corrected chi connectivity index (χ2v) is 7.67. The third-order valence-electron chi connectivity index (χ3n) is 1.21. The van der Waals surface area contributed by atoms with E-state index in [0.717, 1.165) is 6.92 Å². The van der Waals surface area contributed by atoms with E-state index in [1.165, 1.54) is 0 Å². The average molecular weight is 312 g/mol. The zero-order valence-corrected chi connectivity index (χ0v) is 15.7. The molecule has 0 aliphatic heterocycles. The molecule has 0 rings (SSSR count). The van der Waals surface area contributed by atoms with Crippen molar-refractivity contribution in [2.24, 2.45) is 0 Å². The van der Waals surface area contributed by atoms with E-state index in [9.17, 15) is 13.9 Å². The van der Waals surface area contributed by atoms with Gasteiger partial charge in [-0.1, -0.05) is 11.8 Å². The number of carbonyl (C=O) groups is 1. The Kier molecular flexibility index (Phi) is 13.6. The molecule has 0 unspecified atom stereocenters. The summed E-state index contributed by atoms with van der Waals surface area (Å²) in [6.07, 6.45) is 0. The smallest absolute Gasteiger partial charge is 1.00 e.